The van der Waals surface area contributed by atoms with Crippen LogP contribution in [-0.2, 0) is 11.2 Å². The molecule has 0 atom stereocenters. The Kier molecular flexibility index (Phi) is 8.65. The first-order valence-electron chi connectivity index (χ1n) is 11.3. The highest BCUT2D eigenvalue weighted by atomic mass is 16.5. The first kappa shape index (κ1) is 22.7. The smallest absolute Gasteiger partial charge is 0.320 e. The third kappa shape index (κ3) is 6.02. The standard InChI is InChI=1S/C21H36N6O3/c1-2-3-15-30-21-23-19(22)17-16-18(29)27(20(17)24-21)8-6-4-5-7-25-9-11-26(12-10-25)13-14-28/h28H,2-16H2,1H3,(H2,22,23,24). The maximum atomic E-state index is 12.5. The molecular weight excluding hydrogens is 384 g/mol. The predicted molar refractivity (Wildman–Crippen MR) is 117 cm³/mol. The highest BCUT2D eigenvalue weighted by Gasteiger charge is 2.31. The van der Waals surface area contributed by atoms with E-state index in [1.807, 2.05) is 0 Å². The molecule has 0 saturated carbocycles. The van der Waals surface area contributed by atoms with Crippen molar-refractivity contribution in [2.24, 2.45) is 0 Å². The zero-order valence-electron chi connectivity index (χ0n) is 18.2. The van der Waals surface area contributed by atoms with Crippen LogP contribution in [0.25, 0.3) is 0 Å². The number of hydrogen-bond donors (Lipinski definition) is 2. The first-order valence-corrected chi connectivity index (χ1v) is 11.3. The van der Waals surface area contributed by atoms with Crippen LogP contribution in [0.1, 0.15) is 44.6 Å². The van der Waals surface area contributed by atoms with Gasteiger partial charge in [-0.1, -0.05) is 19.8 Å². The number of carbonyl (C=O) groups excluding carboxylic acids is 1. The van der Waals surface area contributed by atoms with E-state index in [1.54, 1.807) is 4.90 Å². The Balaban J connectivity index is 1.42. The van der Waals surface area contributed by atoms with Gasteiger partial charge in [0.2, 0.25) is 5.91 Å². The minimum atomic E-state index is 0.0386. The average Bonchev–Trinajstić information content (AvgIpc) is 3.05. The molecule has 0 radical (unpaired) electrons. The van der Waals surface area contributed by atoms with Crippen molar-refractivity contribution in [3.63, 3.8) is 0 Å². The number of β-amino-alcohol motifs (C(OH)–C–C–N with tert-alkyl or cyclic N) is 1. The summed E-state index contributed by atoms with van der Waals surface area (Å²) in [7, 11) is 0. The van der Waals surface area contributed by atoms with Gasteiger partial charge in [-0.25, -0.2) is 0 Å². The Labute approximate surface area is 179 Å². The molecule has 1 amide bonds. The molecule has 0 spiro atoms. The molecule has 30 heavy (non-hydrogen) atoms. The van der Waals surface area contributed by atoms with Gasteiger partial charge in [0.15, 0.2) is 0 Å². The van der Waals surface area contributed by atoms with Crippen molar-refractivity contribution in [3.05, 3.63) is 5.56 Å². The van der Waals surface area contributed by atoms with Crippen molar-refractivity contribution in [2.75, 3.05) is 69.7 Å². The van der Waals surface area contributed by atoms with Crippen LogP contribution in [0.4, 0.5) is 11.6 Å². The predicted octanol–water partition coefficient (Wildman–Crippen LogP) is 0.907. The first-order chi connectivity index (χ1) is 14.6. The molecule has 3 rings (SSSR count). The van der Waals surface area contributed by atoms with Crippen molar-refractivity contribution in [1.82, 2.24) is 19.8 Å². The number of anilines is 2. The topological polar surface area (TPSA) is 108 Å². The summed E-state index contributed by atoms with van der Waals surface area (Å²) in [4.78, 5) is 27.7. The number of aliphatic hydroxyl groups excluding tert-OH is 1. The number of amides is 1. The normalized spacial score (nSPS) is 17.5. The summed E-state index contributed by atoms with van der Waals surface area (Å²) < 4.78 is 5.61. The minimum Gasteiger partial charge on any atom is -0.463 e. The Morgan fingerprint density at radius 1 is 1.00 bits per heavy atom. The number of nitrogens with zero attached hydrogens (tertiary/aromatic N) is 5. The van der Waals surface area contributed by atoms with Crippen molar-refractivity contribution < 1.29 is 14.6 Å². The van der Waals surface area contributed by atoms with Gasteiger partial charge in [-0.2, -0.15) is 9.97 Å². The number of piperazine rings is 1. The molecule has 1 fully saturated rings. The summed E-state index contributed by atoms with van der Waals surface area (Å²) in [6.45, 7) is 9.59. The lowest BCUT2D eigenvalue weighted by atomic mass is 10.2. The molecule has 168 valence electrons. The zero-order valence-corrected chi connectivity index (χ0v) is 18.2. The highest BCUT2D eigenvalue weighted by Crippen LogP contribution is 2.32. The molecule has 2 aliphatic heterocycles. The van der Waals surface area contributed by atoms with E-state index < -0.39 is 0 Å². The maximum absolute atomic E-state index is 12.5. The van der Waals surface area contributed by atoms with Crippen LogP contribution in [0.15, 0.2) is 0 Å². The molecular formula is C21H36N6O3. The SMILES string of the molecule is CCCCOc1nc(N)c2c(n1)N(CCCCCN1CCN(CCO)CC1)C(=O)C2. The second-order valence-corrected chi connectivity index (χ2v) is 8.09. The molecule has 0 aromatic carbocycles. The Morgan fingerprint density at radius 3 is 2.40 bits per heavy atom. The summed E-state index contributed by atoms with van der Waals surface area (Å²) in [5.41, 5.74) is 6.78. The molecule has 2 aliphatic rings. The van der Waals surface area contributed by atoms with Crippen molar-refractivity contribution in [2.45, 2.75) is 45.4 Å². The van der Waals surface area contributed by atoms with Crippen molar-refractivity contribution in [1.29, 1.82) is 0 Å². The van der Waals surface area contributed by atoms with Gasteiger partial charge in [-0.05, 0) is 25.8 Å². The zero-order chi connectivity index (χ0) is 21.3. The van der Waals surface area contributed by atoms with E-state index in [-0.39, 0.29) is 24.9 Å². The van der Waals surface area contributed by atoms with E-state index in [4.69, 9.17) is 15.6 Å². The van der Waals surface area contributed by atoms with E-state index >= 15 is 0 Å². The van der Waals surface area contributed by atoms with Crippen LogP contribution in [0.3, 0.4) is 0 Å². The molecule has 9 nitrogen and oxygen atoms in total. The molecule has 1 aromatic rings. The average molecular weight is 421 g/mol. The number of rotatable bonds is 12. The number of aromatic nitrogens is 2. The molecule has 0 aliphatic carbocycles. The lowest BCUT2D eigenvalue weighted by molar-refractivity contribution is -0.117. The van der Waals surface area contributed by atoms with Gasteiger partial charge < -0.3 is 20.5 Å². The third-order valence-electron chi connectivity index (χ3n) is 5.85. The van der Waals surface area contributed by atoms with Crippen LogP contribution in [-0.4, -0.2) is 89.8 Å². The number of aliphatic hydroxyl groups is 1. The lowest BCUT2D eigenvalue weighted by Gasteiger charge is -2.34. The van der Waals surface area contributed by atoms with Gasteiger partial charge in [0.1, 0.15) is 11.6 Å². The Morgan fingerprint density at radius 2 is 1.70 bits per heavy atom. The van der Waals surface area contributed by atoms with Crippen LogP contribution < -0.4 is 15.4 Å². The fraction of sp³-hybridized carbons (Fsp3) is 0.762. The minimum absolute atomic E-state index is 0.0386. The summed E-state index contributed by atoms with van der Waals surface area (Å²) >= 11 is 0. The number of hydrogen-bond acceptors (Lipinski definition) is 8. The second kappa shape index (κ2) is 11.4. The monoisotopic (exact) mass is 420 g/mol. The molecule has 9 heteroatoms. The number of nitrogens with two attached hydrogens (primary N) is 1. The van der Waals surface area contributed by atoms with E-state index in [0.29, 0.717) is 24.8 Å². The highest BCUT2D eigenvalue weighted by molar-refractivity contribution is 6.01. The van der Waals surface area contributed by atoms with Gasteiger partial charge in [-0.3, -0.25) is 14.6 Å². The number of fused-ring (bicyclic) bond motifs is 1. The van der Waals surface area contributed by atoms with Crippen LogP contribution in [0, 0.1) is 0 Å². The molecule has 3 heterocycles. The number of ether oxygens (including phenoxy) is 1. The Hall–Kier alpha value is -1.97. The number of nitrogen functional groups attached to an aromatic ring is 1. The van der Waals surface area contributed by atoms with Crippen LogP contribution in [0.5, 0.6) is 6.01 Å². The summed E-state index contributed by atoms with van der Waals surface area (Å²) in [6.07, 6.45) is 5.35. The van der Waals surface area contributed by atoms with Gasteiger partial charge >= 0.3 is 6.01 Å². The third-order valence-corrected chi connectivity index (χ3v) is 5.85. The van der Waals surface area contributed by atoms with Gasteiger partial charge in [0, 0.05) is 44.8 Å². The molecule has 1 aromatic heterocycles. The van der Waals surface area contributed by atoms with E-state index in [2.05, 4.69) is 26.7 Å². The number of unbranched alkanes of at least 4 members (excludes halogenated alkanes) is 3. The summed E-state index contributed by atoms with van der Waals surface area (Å²) in [5.74, 6) is 1.01. The fourth-order valence-electron chi connectivity index (χ4n) is 3.99. The number of carbonyl (C=O) groups is 1. The second-order valence-electron chi connectivity index (χ2n) is 8.09. The van der Waals surface area contributed by atoms with Crippen LogP contribution in [0.2, 0.25) is 0 Å². The summed E-state index contributed by atoms with van der Waals surface area (Å²) in [5, 5.41) is 9.03. The van der Waals surface area contributed by atoms with E-state index in [1.165, 1.54) is 0 Å². The van der Waals surface area contributed by atoms with Crippen LogP contribution >= 0.6 is 0 Å². The maximum Gasteiger partial charge on any atom is 0.320 e. The lowest BCUT2D eigenvalue weighted by Crippen LogP contribution is -2.47. The van der Waals surface area contributed by atoms with E-state index in [0.717, 1.165) is 76.9 Å². The quantitative estimate of drug-likeness (QED) is 0.481. The molecule has 0 unspecified atom stereocenters. The van der Waals surface area contributed by atoms with Gasteiger partial charge in [0.05, 0.1) is 19.6 Å². The largest absolute Gasteiger partial charge is 0.463 e. The summed E-state index contributed by atoms with van der Waals surface area (Å²) in [6, 6.07) is 0.264. The molecule has 0 bridgehead atoms. The molecule has 3 N–H and O–H groups in total. The Bertz CT molecular complexity index is 694. The van der Waals surface area contributed by atoms with Gasteiger partial charge in [-0.15, -0.1) is 0 Å². The van der Waals surface area contributed by atoms with Gasteiger partial charge in [0.25, 0.3) is 0 Å². The molecule has 1 saturated heterocycles. The van der Waals surface area contributed by atoms with E-state index in [9.17, 15) is 4.79 Å². The van der Waals surface area contributed by atoms with Crippen molar-refractivity contribution >= 4 is 17.5 Å². The van der Waals surface area contributed by atoms with Crippen molar-refractivity contribution in [3.8, 4) is 6.01 Å². The fourth-order valence-corrected chi connectivity index (χ4v) is 3.99.